The second-order valence-electron chi connectivity index (χ2n) is 8.04. The largest absolute Gasteiger partial charge is 0.377 e. The smallest absolute Gasteiger partial charge is 0.210 e. The van der Waals surface area contributed by atoms with Crippen molar-refractivity contribution in [3.8, 4) is 0 Å². The maximum absolute atomic E-state index is 10.8. The van der Waals surface area contributed by atoms with E-state index in [0.717, 1.165) is 31.4 Å². The van der Waals surface area contributed by atoms with Gasteiger partial charge in [0.2, 0.25) is 6.35 Å². The predicted octanol–water partition coefficient (Wildman–Crippen LogP) is 3.26. The van der Waals surface area contributed by atoms with Gasteiger partial charge in [0.15, 0.2) is 22.7 Å². The Kier molecular flexibility index (Phi) is 8.26. The minimum absolute atomic E-state index is 0.133. The Morgan fingerprint density at radius 2 is 2.03 bits per heavy atom. The number of anilines is 1. The van der Waals surface area contributed by atoms with Gasteiger partial charge < -0.3 is 33.7 Å². The lowest BCUT2D eigenvalue weighted by atomic mass is 10.2. The van der Waals surface area contributed by atoms with Crippen LogP contribution in [0.15, 0.2) is 29.0 Å². The molecule has 180 valence electrons. The van der Waals surface area contributed by atoms with E-state index >= 15 is 0 Å². The molecule has 1 saturated heterocycles. The molecule has 4 rings (SSSR count). The van der Waals surface area contributed by atoms with Crippen LogP contribution in [0.1, 0.15) is 30.5 Å². The lowest BCUT2D eigenvalue weighted by Crippen LogP contribution is -2.55. The maximum atomic E-state index is 10.8. The van der Waals surface area contributed by atoms with Crippen LogP contribution in [0, 0.1) is 5.41 Å². The number of benzene rings is 1. The van der Waals surface area contributed by atoms with Gasteiger partial charge in [-0.2, -0.15) is 0 Å². The summed E-state index contributed by atoms with van der Waals surface area (Å²) in [5.74, 6) is 0.740. The summed E-state index contributed by atoms with van der Waals surface area (Å²) in [6, 6.07) is 7.56. The molecule has 0 amide bonds. The number of imidazole rings is 1. The lowest BCUT2D eigenvalue weighted by Gasteiger charge is -2.40. The van der Waals surface area contributed by atoms with Crippen LogP contribution in [0.4, 0.5) is 5.82 Å². The van der Waals surface area contributed by atoms with E-state index < -0.39 is 6.35 Å². The van der Waals surface area contributed by atoms with E-state index in [9.17, 15) is 5.11 Å². The van der Waals surface area contributed by atoms with Crippen LogP contribution < -0.4 is 4.90 Å². The van der Waals surface area contributed by atoms with Crippen molar-refractivity contribution in [3.63, 3.8) is 0 Å². The van der Waals surface area contributed by atoms with Crippen molar-refractivity contribution in [2.75, 3.05) is 44.9 Å². The van der Waals surface area contributed by atoms with Gasteiger partial charge in [-0.25, -0.2) is 4.98 Å². The normalized spacial score (nSPS) is 20.9. The third-order valence-corrected chi connectivity index (χ3v) is 6.63. The zero-order valence-corrected chi connectivity index (χ0v) is 20.9. The number of hydrogen-bond donors (Lipinski definition) is 2. The minimum atomic E-state index is -1.01. The summed E-state index contributed by atoms with van der Waals surface area (Å²) in [4.78, 5) is 7.79. The number of nitrogens with zero attached hydrogens (tertiary/aromatic N) is 4. The monoisotopic (exact) mass is 541 g/mol. The highest BCUT2D eigenvalue weighted by atomic mass is 79.9. The van der Waals surface area contributed by atoms with E-state index in [2.05, 4.69) is 20.9 Å². The summed E-state index contributed by atoms with van der Waals surface area (Å²) < 4.78 is 19.4. The molecule has 0 saturated carbocycles. The van der Waals surface area contributed by atoms with Crippen LogP contribution in [-0.4, -0.2) is 78.1 Å². The van der Waals surface area contributed by atoms with E-state index in [1.165, 1.54) is 0 Å². The van der Waals surface area contributed by atoms with Crippen LogP contribution >= 0.6 is 27.5 Å². The Bertz CT molecular complexity index is 951. The molecule has 2 atom stereocenters. The molecule has 2 N–H and O–H groups in total. The Balaban J connectivity index is 1.36. The van der Waals surface area contributed by atoms with Crippen LogP contribution in [0.2, 0.25) is 5.02 Å². The van der Waals surface area contributed by atoms with Gasteiger partial charge in [-0.15, -0.1) is 0 Å². The third kappa shape index (κ3) is 5.70. The highest BCUT2D eigenvalue weighted by molar-refractivity contribution is 9.10. The van der Waals surface area contributed by atoms with Crippen molar-refractivity contribution < 1.29 is 19.3 Å². The van der Waals surface area contributed by atoms with E-state index in [1.807, 2.05) is 28.8 Å². The molecular weight excluding hydrogens is 514 g/mol. The predicted molar refractivity (Wildman–Crippen MR) is 129 cm³/mol. The Labute approximate surface area is 206 Å². The number of nitrogens with one attached hydrogen (secondary N) is 1. The fourth-order valence-corrected chi connectivity index (χ4v) is 4.55. The molecule has 2 aliphatic rings. The van der Waals surface area contributed by atoms with Crippen molar-refractivity contribution >= 4 is 39.2 Å². The second-order valence-corrected chi connectivity index (χ2v) is 9.19. The van der Waals surface area contributed by atoms with Gasteiger partial charge in [0.05, 0.1) is 26.4 Å². The zero-order chi connectivity index (χ0) is 23.4. The van der Waals surface area contributed by atoms with E-state index in [1.54, 1.807) is 16.8 Å². The number of amidine groups is 1. The van der Waals surface area contributed by atoms with Gasteiger partial charge in [-0.05, 0) is 52.9 Å². The standard InChI is InChI=1S/C22H29BrClN5O4/c1-27-20-18(29(21(23)26-20)14-15-5-7-16(24)8-6-15)19(25)28(22(27)30)9-11-31-12-13-33-17-4-2-3-10-32-17/h5-8,17,22,25,30H,2-4,9-14H2,1H3. The minimum Gasteiger partial charge on any atom is -0.377 e. The Hall–Kier alpha value is -1.69. The van der Waals surface area contributed by atoms with Gasteiger partial charge in [0.25, 0.3) is 0 Å². The third-order valence-electron chi connectivity index (χ3n) is 5.77. The number of aliphatic hydroxyl groups is 1. The SMILES string of the molecule is CN1c2nc(Br)n(Cc3ccc(Cl)cc3)c2C(=N)N(CCOCCOC2CCCCO2)C1O. The molecule has 1 fully saturated rings. The molecule has 0 radical (unpaired) electrons. The van der Waals surface area contributed by atoms with Crippen LogP contribution in [0.25, 0.3) is 0 Å². The summed E-state index contributed by atoms with van der Waals surface area (Å²) in [5.41, 5.74) is 1.65. The number of hydrogen-bond acceptors (Lipinski definition) is 7. The zero-order valence-electron chi connectivity index (χ0n) is 18.5. The van der Waals surface area contributed by atoms with Gasteiger partial charge >= 0.3 is 0 Å². The van der Waals surface area contributed by atoms with Crippen LogP contribution in [0.3, 0.4) is 0 Å². The molecule has 9 nitrogen and oxygen atoms in total. The summed E-state index contributed by atoms with van der Waals surface area (Å²) in [6.07, 6.45) is 1.99. The first-order valence-corrected chi connectivity index (χ1v) is 12.2. The van der Waals surface area contributed by atoms with E-state index in [4.69, 9.17) is 31.2 Å². The van der Waals surface area contributed by atoms with Crippen molar-refractivity contribution in [2.24, 2.45) is 0 Å². The van der Waals surface area contributed by atoms with Gasteiger partial charge in [-0.1, -0.05) is 23.7 Å². The number of ether oxygens (including phenoxy) is 3. The number of rotatable bonds is 9. The molecular formula is C22H29BrClN5O4. The van der Waals surface area contributed by atoms with Crippen molar-refractivity contribution in [1.29, 1.82) is 5.41 Å². The average Bonchev–Trinajstić information content (AvgIpc) is 3.15. The van der Waals surface area contributed by atoms with Gasteiger partial charge in [0.1, 0.15) is 5.69 Å². The van der Waals surface area contributed by atoms with Gasteiger partial charge in [-0.3, -0.25) is 5.41 Å². The second kappa shape index (κ2) is 11.2. The fourth-order valence-electron chi connectivity index (χ4n) is 3.95. The first-order chi connectivity index (χ1) is 16.0. The molecule has 33 heavy (non-hydrogen) atoms. The number of halogens is 2. The van der Waals surface area contributed by atoms with E-state index in [0.29, 0.717) is 54.2 Å². The fraction of sp³-hybridized carbons (Fsp3) is 0.545. The summed E-state index contributed by atoms with van der Waals surface area (Å²) >= 11 is 9.52. The lowest BCUT2D eigenvalue weighted by molar-refractivity contribution is -0.169. The molecule has 1 aromatic heterocycles. The number of aromatic nitrogens is 2. The van der Waals surface area contributed by atoms with E-state index in [-0.39, 0.29) is 12.1 Å². The van der Waals surface area contributed by atoms with Crippen LogP contribution in [0.5, 0.6) is 0 Å². The molecule has 3 heterocycles. The highest BCUT2D eigenvalue weighted by Gasteiger charge is 2.37. The molecule has 0 bridgehead atoms. The molecule has 2 aromatic rings. The average molecular weight is 543 g/mol. The first kappa shape index (κ1) is 24.4. The van der Waals surface area contributed by atoms with Crippen LogP contribution in [-0.2, 0) is 20.8 Å². The molecule has 0 aliphatic carbocycles. The Morgan fingerprint density at radius 1 is 1.24 bits per heavy atom. The molecule has 0 spiro atoms. The Morgan fingerprint density at radius 3 is 2.76 bits per heavy atom. The summed E-state index contributed by atoms with van der Waals surface area (Å²) in [7, 11) is 1.76. The summed E-state index contributed by atoms with van der Waals surface area (Å²) in [6.45, 7) is 2.85. The highest BCUT2D eigenvalue weighted by Crippen LogP contribution is 2.32. The van der Waals surface area contributed by atoms with Gasteiger partial charge in [0, 0.05) is 25.2 Å². The topological polar surface area (TPSA) is 96.1 Å². The van der Waals surface area contributed by atoms with Crippen molar-refractivity contribution in [3.05, 3.63) is 45.3 Å². The number of aliphatic hydroxyl groups excluding tert-OH is 1. The molecule has 2 unspecified atom stereocenters. The van der Waals surface area contributed by atoms with Crippen molar-refractivity contribution in [1.82, 2.24) is 14.5 Å². The molecule has 1 aromatic carbocycles. The molecule has 2 aliphatic heterocycles. The van der Waals surface area contributed by atoms with Crippen molar-refractivity contribution in [2.45, 2.75) is 38.4 Å². The number of fused-ring (bicyclic) bond motifs is 1. The maximum Gasteiger partial charge on any atom is 0.210 e. The molecule has 11 heteroatoms. The first-order valence-electron chi connectivity index (χ1n) is 11.0. The quantitative estimate of drug-likeness (QED) is 0.470. The summed E-state index contributed by atoms with van der Waals surface area (Å²) in [5, 5.41) is 20.2.